The van der Waals surface area contributed by atoms with Gasteiger partial charge in [0, 0.05) is 10.6 Å². The second-order valence-electron chi connectivity index (χ2n) is 4.24. The number of carbonyl (C=O) groups excluding carboxylic acids is 1. The van der Waals surface area contributed by atoms with E-state index in [9.17, 15) is 13.2 Å². The van der Waals surface area contributed by atoms with Gasteiger partial charge < -0.3 is 0 Å². The number of benzene rings is 2. The van der Waals surface area contributed by atoms with Crippen molar-refractivity contribution >= 4 is 50.4 Å². The summed E-state index contributed by atoms with van der Waals surface area (Å²) in [5.41, 5.74) is 0.256. The van der Waals surface area contributed by atoms with Crippen molar-refractivity contribution in [3.63, 3.8) is 0 Å². The van der Waals surface area contributed by atoms with Crippen molar-refractivity contribution in [1.82, 2.24) is 0 Å². The first-order chi connectivity index (χ1) is 9.81. The first-order valence-electron chi connectivity index (χ1n) is 5.77. The first-order valence-corrected chi connectivity index (χ1v) is 8.55. The summed E-state index contributed by atoms with van der Waals surface area (Å²) >= 11 is 17.5. The highest BCUT2D eigenvalue weighted by Crippen LogP contribution is 2.30. The fourth-order valence-electron chi connectivity index (χ4n) is 1.74. The fraction of sp³-hybridized carbons (Fsp3) is 0.0714. The maximum Gasteiger partial charge on any atom is 0.188 e. The van der Waals surface area contributed by atoms with E-state index in [0.717, 1.165) is 0 Å². The van der Waals surface area contributed by atoms with Gasteiger partial charge in [0.2, 0.25) is 0 Å². The Morgan fingerprint density at radius 3 is 1.95 bits per heavy atom. The molecule has 2 aromatic carbocycles. The molecular weight excluding hydrogens is 355 g/mol. The maximum absolute atomic E-state index is 12.3. The Morgan fingerprint density at radius 1 is 0.905 bits per heavy atom. The summed E-state index contributed by atoms with van der Waals surface area (Å²) in [6.07, 6.45) is 0. The lowest BCUT2D eigenvalue weighted by molar-refractivity contribution is 0.102. The summed E-state index contributed by atoms with van der Waals surface area (Å²) in [5, 5.41) is 0.446. The average molecular weight is 364 g/mol. The van der Waals surface area contributed by atoms with Crippen LogP contribution in [0.5, 0.6) is 0 Å². The molecule has 0 fully saturated rings. The third-order valence-electron chi connectivity index (χ3n) is 2.72. The van der Waals surface area contributed by atoms with E-state index in [2.05, 4.69) is 0 Å². The van der Waals surface area contributed by atoms with E-state index in [1.807, 2.05) is 0 Å². The van der Waals surface area contributed by atoms with E-state index in [-0.39, 0.29) is 20.5 Å². The molecule has 0 unspecified atom stereocenters. The molecule has 110 valence electrons. The number of hydrogen-bond donors (Lipinski definition) is 0. The lowest BCUT2D eigenvalue weighted by atomic mass is 10.1. The van der Waals surface area contributed by atoms with E-state index in [4.69, 9.17) is 34.8 Å². The van der Waals surface area contributed by atoms with Crippen LogP contribution in [0.4, 0.5) is 0 Å². The van der Waals surface area contributed by atoms with Crippen LogP contribution in [-0.2, 0) is 9.84 Å². The van der Waals surface area contributed by atoms with Gasteiger partial charge in [-0.1, -0.05) is 40.9 Å². The third kappa shape index (κ3) is 3.77. The predicted molar refractivity (Wildman–Crippen MR) is 84.3 cm³/mol. The number of Topliss-reactive ketones (excluding diaryl/α,β-unsaturated/α-hetero) is 1. The van der Waals surface area contributed by atoms with Crippen molar-refractivity contribution in [1.29, 1.82) is 0 Å². The van der Waals surface area contributed by atoms with Crippen LogP contribution in [0.25, 0.3) is 0 Å². The van der Waals surface area contributed by atoms with Crippen molar-refractivity contribution in [2.24, 2.45) is 0 Å². The van der Waals surface area contributed by atoms with Gasteiger partial charge in [-0.05, 0) is 36.4 Å². The summed E-state index contributed by atoms with van der Waals surface area (Å²) in [4.78, 5) is 11.8. The normalized spacial score (nSPS) is 11.4. The van der Waals surface area contributed by atoms with Gasteiger partial charge in [0.15, 0.2) is 15.6 Å². The molecule has 2 aromatic rings. The number of halogens is 3. The van der Waals surface area contributed by atoms with Gasteiger partial charge in [0.25, 0.3) is 0 Å². The zero-order valence-electron chi connectivity index (χ0n) is 10.5. The fourth-order valence-corrected chi connectivity index (χ4v) is 4.36. The van der Waals surface area contributed by atoms with Gasteiger partial charge in [-0.2, -0.15) is 0 Å². The van der Waals surface area contributed by atoms with Crippen molar-refractivity contribution < 1.29 is 13.2 Å². The van der Waals surface area contributed by atoms with E-state index in [0.29, 0.717) is 5.02 Å². The van der Waals surface area contributed by atoms with E-state index in [1.165, 1.54) is 42.5 Å². The van der Waals surface area contributed by atoms with Crippen LogP contribution in [-0.4, -0.2) is 20.0 Å². The molecule has 0 aliphatic carbocycles. The van der Waals surface area contributed by atoms with Gasteiger partial charge in [-0.25, -0.2) is 8.42 Å². The van der Waals surface area contributed by atoms with Gasteiger partial charge in [-0.15, -0.1) is 0 Å². The van der Waals surface area contributed by atoms with E-state index >= 15 is 0 Å². The Hall–Kier alpha value is -1.07. The minimum absolute atomic E-state index is 0.00796. The van der Waals surface area contributed by atoms with Crippen LogP contribution in [0.2, 0.25) is 15.1 Å². The van der Waals surface area contributed by atoms with Crippen molar-refractivity contribution in [2.45, 2.75) is 4.90 Å². The van der Waals surface area contributed by atoms with Gasteiger partial charge in [-0.3, -0.25) is 4.79 Å². The molecule has 0 spiro atoms. The molecule has 2 rings (SSSR count). The Balaban J connectivity index is 2.34. The second-order valence-corrected chi connectivity index (χ2v) is 7.42. The number of ketones is 1. The van der Waals surface area contributed by atoms with Crippen LogP contribution in [0.3, 0.4) is 0 Å². The summed E-state index contributed by atoms with van der Waals surface area (Å²) in [6.45, 7) is 0. The molecule has 0 atom stereocenters. The molecule has 0 N–H and O–H groups in total. The minimum Gasteiger partial charge on any atom is -0.293 e. The first kappa shape index (κ1) is 16.3. The smallest absolute Gasteiger partial charge is 0.188 e. The maximum atomic E-state index is 12.3. The van der Waals surface area contributed by atoms with E-state index in [1.54, 1.807) is 0 Å². The quantitative estimate of drug-likeness (QED) is 0.761. The predicted octanol–water partition coefficient (Wildman–Crippen LogP) is 4.30. The molecule has 0 saturated heterocycles. The van der Waals surface area contributed by atoms with Crippen LogP contribution < -0.4 is 0 Å². The highest BCUT2D eigenvalue weighted by Gasteiger charge is 2.25. The van der Waals surface area contributed by atoms with Crippen molar-refractivity contribution in [2.75, 3.05) is 5.75 Å². The van der Waals surface area contributed by atoms with Crippen LogP contribution in [0, 0.1) is 0 Å². The van der Waals surface area contributed by atoms with Gasteiger partial charge in [0.05, 0.1) is 10.0 Å². The molecule has 0 aliphatic heterocycles. The highest BCUT2D eigenvalue weighted by atomic mass is 35.5. The minimum atomic E-state index is -3.93. The lowest BCUT2D eigenvalue weighted by Gasteiger charge is -2.08. The molecule has 0 saturated carbocycles. The molecule has 0 aliphatic rings. The summed E-state index contributed by atoms with van der Waals surface area (Å²) in [7, 11) is -3.93. The molecule has 0 aromatic heterocycles. The zero-order valence-corrected chi connectivity index (χ0v) is 13.6. The van der Waals surface area contributed by atoms with Gasteiger partial charge >= 0.3 is 0 Å². The van der Waals surface area contributed by atoms with E-state index < -0.39 is 21.4 Å². The zero-order chi connectivity index (χ0) is 15.6. The average Bonchev–Trinajstić information content (AvgIpc) is 2.38. The Bertz CT molecular complexity index is 763. The number of rotatable bonds is 4. The molecular formula is C14H9Cl3O3S. The largest absolute Gasteiger partial charge is 0.293 e. The molecule has 7 heteroatoms. The SMILES string of the molecule is O=C(CS(=O)(=O)c1c(Cl)cccc1Cl)c1ccc(Cl)cc1. The monoisotopic (exact) mass is 362 g/mol. The molecule has 0 heterocycles. The summed E-state index contributed by atoms with van der Waals surface area (Å²) < 4.78 is 24.6. The van der Waals surface area contributed by atoms with Crippen molar-refractivity contribution in [3.05, 3.63) is 63.1 Å². The van der Waals surface area contributed by atoms with Crippen LogP contribution in [0.1, 0.15) is 10.4 Å². The lowest BCUT2D eigenvalue weighted by Crippen LogP contribution is -2.17. The van der Waals surface area contributed by atoms with Crippen LogP contribution >= 0.6 is 34.8 Å². The molecule has 0 radical (unpaired) electrons. The standard InChI is InChI=1S/C14H9Cl3O3S/c15-10-6-4-9(5-7-10)13(18)8-21(19,20)14-11(16)2-1-3-12(14)17/h1-7H,8H2. The van der Waals surface area contributed by atoms with Gasteiger partial charge in [0.1, 0.15) is 10.6 Å². The number of sulfone groups is 1. The topological polar surface area (TPSA) is 51.2 Å². The summed E-state index contributed by atoms with van der Waals surface area (Å²) in [6, 6.07) is 10.3. The van der Waals surface area contributed by atoms with Crippen molar-refractivity contribution in [3.8, 4) is 0 Å². The molecule has 0 bridgehead atoms. The van der Waals surface area contributed by atoms with Crippen LogP contribution in [0.15, 0.2) is 47.4 Å². The Morgan fingerprint density at radius 2 is 1.43 bits per heavy atom. The molecule has 3 nitrogen and oxygen atoms in total. The third-order valence-corrected chi connectivity index (χ3v) is 5.53. The second kappa shape index (κ2) is 6.36. The Labute approximate surface area is 137 Å². The number of hydrogen-bond acceptors (Lipinski definition) is 3. The molecule has 0 amide bonds. The molecule has 21 heavy (non-hydrogen) atoms. The number of carbonyl (C=O) groups is 1. The summed E-state index contributed by atoms with van der Waals surface area (Å²) in [5.74, 6) is -1.26. The highest BCUT2D eigenvalue weighted by molar-refractivity contribution is 7.92. The Kier molecular flexibility index (Phi) is 4.94.